The highest BCUT2D eigenvalue weighted by Crippen LogP contribution is 2.43. The van der Waals surface area contributed by atoms with Crippen molar-refractivity contribution in [2.75, 3.05) is 0 Å². The maximum Gasteiger partial charge on any atom is 0.321 e. The smallest absolute Gasteiger partial charge is 0.321 e. The molecule has 4 atom stereocenters. The topological polar surface area (TPSA) is 86.7 Å². The van der Waals surface area contributed by atoms with E-state index in [4.69, 9.17) is 0 Å². The second-order valence-corrected chi connectivity index (χ2v) is 5.24. The zero-order chi connectivity index (χ0) is 13.7. The van der Waals surface area contributed by atoms with E-state index in [1.807, 2.05) is 0 Å². The molecule has 2 heterocycles. The van der Waals surface area contributed by atoms with Gasteiger partial charge in [-0.05, 0) is 19.3 Å². The summed E-state index contributed by atoms with van der Waals surface area (Å²) in [5, 5.41) is 0. The fraction of sp³-hybridized carbons (Fsp3) is 0.538. The van der Waals surface area contributed by atoms with Gasteiger partial charge in [0.1, 0.15) is 0 Å². The lowest BCUT2D eigenvalue weighted by Crippen LogP contribution is -2.31. The highest BCUT2D eigenvalue weighted by molar-refractivity contribution is 5.99. The zero-order valence-electron chi connectivity index (χ0n) is 10.3. The molecule has 0 radical (unpaired) electrons. The van der Waals surface area contributed by atoms with E-state index in [1.165, 1.54) is 0 Å². The summed E-state index contributed by atoms with van der Waals surface area (Å²) in [6, 6.07) is 0. The molecule has 0 aromatic rings. The molecule has 0 amide bonds. The number of cyclic esters (lactones) is 4. The Kier molecular flexibility index (Phi) is 2.55. The standard InChI is InChI=1S/C13H12O6/c1-5-2-6(7-4-9(14)18-11(7)15)3-8-10(5)13(17)19-12(8)16/h2,6-8,10H,3-4H2,1H3/t6-,7-,8-,10-/m1/s1. The number of hydrogen-bond acceptors (Lipinski definition) is 6. The molecular weight excluding hydrogens is 252 g/mol. The third-order valence-corrected chi connectivity index (χ3v) is 4.07. The van der Waals surface area contributed by atoms with E-state index >= 15 is 0 Å². The van der Waals surface area contributed by atoms with Crippen molar-refractivity contribution in [3.8, 4) is 0 Å². The first-order valence-corrected chi connectivity index (χ1v) is 6.15. The largest absolute Gasteiger partial charge is 0.393 e. The molecule has 19 heavy (non-hydrogen) atoms. The van der Waals surface area contributed by atoms with Crippen LogP contribution in [0.1, 0.15) is 19.8 Å². The summed E-state index contributed by atoms with van der Waals surface area (Å²) in [4.78, 5) is 45.9. The normalized spacial score (nSPS) is 37.8. The molecule has 3 rings (SSSR count). The number of carbonyl (C=O) groups excluding carboxylic acids is 4. The van der Waals surface area contributed by atoms with E-state index in [0.717, 1.165) is 5.57 Å². The Labute approximate surface area is 108 Å². The highest BCUT2D eigenvalue weighted by atomic mass is 16.6. The third kappa shape index (κ3) is 1.78. The number of allylic oxidation sites excluding steroid dienone is 1. The van der Waals surface area contributed by atoms with Gasteiger partial charge in [0.15, 0.2) is 0 Å². The number of fused-ring (bicyclic) bond motifs is 1. The minimum absolute atomic E-state index is 0.0354. The molecule has 2 aliphatic heterocycles. The number of rotatable bonds is 1. The van der Waals surface area contributed by atoms with Gasteiger partial charge in [-0.15, -0.1) is 0 Å². The van der Waals surface area contributed by atoms with E-state index in [9.17, 15) is 19.2 Å². The van der Waals surface area contributed by atoms with E-state index in [-0.39, 0.29) is 12.3 Å². The molecule has 0 spiro atoms. The Balaban J connectivity index is 1.89. The molecule has 0 aromatic carbocycles. The fourth-order valence-electron chi connectivity index (χ4n) is 3.18. The summed E-state index contributed by atoms with van der Waals surface area (Å²) in [7, 11) is 0. The summed E-state index contributed by atoms with van der Waals surface area (Å²) in [6.45, 7) is 1.74. The van der Waals surface area contributed by atoms with Crippen molar-refractivity contribution < 1.29 is 28.7 Å². The molecule has 0 aromatic heterocycles. The van der Waals surface area contributed by atoms with E-state index in [1.54, 1.807) is 13.0 Å². The second-order valence-electron chi connectivity index (χ2n) is 5.24. The van der Waals surface area contributed by atoms with Crippen LogP contribution in [0.2, 0.25) is 0 Å². The van der Waals surface area contributed by atoms with Crippen LogP contribution >= 0.6 is 0 Å². The van der Waals surface area contributed by atoms with Crippen molar-refractivity contribution >= 4 is 23.9 Å². The van der Waals surface area contributed by atoms with Crippen LogP contribution in [0.4, 0.5) is 0 Å². The first-order valence-electron chi connectivity index (χ1n) is 6.15. The average Bonchev–Trinajstić information content (AvgIpc) is 2.80. The minimum Gasteiger partial charge on any atom is -0.393 e. The summed E-state index contributed by atoms with van der Waals surface area (Å²) >= 11 is 0. The van der Waals surface area contributed by atoms with Crippen LogP contribution in [0.3, 0.4) is 0 Å². The van der Waals surface area contributed by atoms with Gasteiger partial charge in [0.25, 0.3) is 0 Å². The lowest BCUT2D eigenvalue weighted by molar-refractivity contribution is -0.155. The lowest BCUT2D eigenvalue weighted by atomic mass is 9.72. The monoisotopic (exact) mass is 264 g/mol. The van der Waals surface area contributed by atoms with Crippen molar-refractivity contribution in [2.45, 2.75) is 19.8 Å². The average molecular weight is 264 g/mol. The minimum atomic E-state index is -0.549. The number of ether oxygens (including phenoxy) is 2. The van der Waals surface area contributed by atoms with Crippen molar-refractivity contribution in [3.05, 3.63) is 11.6 Å². The molecule has 2 saturated heterocycles. The van der Waals surface area contributed by atoms with Gasteiger partial charge >= 0.3 is 23.9 Å². The van der Waals surface area contributed by atoms with Crippen molar-refractivity contribution in [1.82, 2.24) is 0 Å². The van der Waals surface area contributed by atoms with Crippen LogP contribution in [0.15, 0.2) is 11.6 Å². The van der Waals surface area contributed by atoms with Gasteiger partial charge in [0, 0.05) is 0 Å². The number of carbonyl (C=O) groups is 4. The summed E-state index contributed by atoms with van der Waals surface area (Å²) < 4.78 is 9.17. The van der Waals surface area contributed by atoms with E-state index in [0.29, 0.717) is 6.42 Å². The molecular formula is C13H12O6. The first kappa shape index (κ1) is 12.1. The molecule has 3 aliphatic rings. The van der Waals surface area contributed by atoms with Crippen LogP contribution in [-0.4, -0.2) is 23.9 Å². The van der Waals surface area contributed by atoms with Crippen molar-refractivity contribution in [3.63, 3.8) is 0 Å². The SMILES string of the molecule is CC1=C[C@@H]([C@H]2CC(=O)OC2=O)C[C@H]2C(=O)OC(=O)[C@H]12. The van der Waals surface area contributed by atoms with Crippen molar-refractivity contribution in [2.24, 2.45) is 23.7 Å². The van der Waals surface area contributed by atoms with Gasteiger partial charge in [-0.25, -0.2) is 0 Å². The van der Waals surface area contributed by atoms with Crippen molar-refractivity contribution in [1.29, 1.82) is 0 Å². The van der Waals surface area contributed by atoms with Gasteiger partial charge < -0.3 is 9.47 Å². The number of hydrogen-bond donors (Lipinski definition) is 0. The number of esters is 4. The molecule has 1 aliphatic carbocycles. The van der Waals surface area contributed by atoms with Gasteiger partial charge in [0.05, 0.1) is 24.2 Å². The van der Waals surface area contributed by atoms with Crippen LogP contribution < -0.4 is 0 Å². The molecule has 0 unspecified atom stereocenters. The summed E-state index contributed by atoms with van der Waals surface area (Å²) in [6.07, 6.45) is 2.18. The Morgan fingerprint density at radius 3 is 2.32 bits per heavy atom. The predicted octanol–water partition coefficient (Wildman–Crippen LogP) is 0.358. The molecule has 2 fully saturated rings. The molecule has 100 valence electrons. The summed E-state index contributed by atoms with van der Waals surface area (Å²) in [5.41, 5.74) is 0.726. The predicted molar refractivity (Wildman–Crippen MR) is 59.1 cm³/mol. The summed E-state index contributed by atoms with van der Waals surface area (Å²) in [5.74, 6) is -4.01. The van der Waals surface area contributed by atoms with Gasteiger partial charge in [-0.3, -0.25) is 19.2 Å². The Morgan fingerprint density at radius 1 is 1.00 bits per heavy atom. The molecule has 6 nitrogen and oxygen atoms in total. The molecule has 0 bridgehead atoms. The maximum absolute atomic E-state index is 11.6. The highest BCUT2D eigenvalue weighted by Gasteiger charge is 2.51. The van der Waals surface area contributed by atoms with Gasteiger partial charge in [0.2, 0.25) is 0 Å². The molecule has 0 N–H and O–H groups in total. The fourth-order valence-corrected chi connectivity index (χ4v) is 3.18. The maximum atomic E-state index is 11.6. The van der Waals surface area contributed by atoms with E-state index in [2.05, 4.69) is 9.47 Å². The van der Waals surface area contributed by atoms with E-state index < -0.39 is 41.6 Å². The molecule has 0 saturated carbocycles. The zero-order valence-corrected chi connectivity index (χ0v) is 10.3. The Morgan fingerprint density at radius 2 is 1.68 bits per heavy atom. The lowest BCUT2D eigenvalue weighted by Gasteiger charge is -2.27. The van der Waals surface area contributed by atoms with Crippen LogP contribution in [0.25, 0.3) is 0 Å². The van der Waals surface area contributed by atoms with Gasteiger partial charge in [-0.2, -0.15) is 0 Å². The quantitative estimate of drug-likeness (QED) is 0.386. The van der Waals surface area contributed by atoms with Crippen LogP contribution in [-0.2, 0) is 28.7 Å². The second kappa shape index (κ2) is 4.01. The van der Waals surface area contributed by atoms with Crippen LogP contribution in [0, 0.1) is 23.7 Å². The molecule has 6 heteroatoms. The van der Waals surface area contributed by atoms with Crippen LogP contribution in [0.5, 0.6) is 0 Å². The Hall–Kier alpha value is -1.98. The Bertz CT molecular complexity index is 531. The first-order chi connectivity index (χ1) is 8.97. The third-order valence-electron chi connectivity index (χ3n) is 4.07. The van der Waals surface area contributed by atoms with Gasteiger partial charge in [-0.1, -0.05) is 11.6 Å².